The molecule has 6 heteroatoms. The lowest BCUT2D eigenvalue weighted by atomic mass is 9.80. The molecule has 2 atom stereocenters. The van der Waals surface area contributed by atoms with Gasteiger partial charge in [0.25, 0.3) is 0 Å². The summed E-state index contributed by atoms with van der Waals surface area (Å²) in [6.07, 6.45) is -0.370. The van der Waals surface area contributed by atoms with E-state index in [0.717, 1.165) is 19.4 Å². The Bertz CT molecular complexity index is 844. The first kappa shape index (κ1) is 17.0. The molecular weight excluding hydrogens is 352 g/mol. The summed E-state index contributed by atoms with van der Waals surface area (Å²) in [4.78, 5) is 2.48. The standard InChI is InChI=1S/C21H21F2NO3/c22-21(23)26-18-9-6-15(10-19(18)27-21)20(25)11-16-7-8-17(12-20)24(16)13-14-4-2-1-3-5-14/h1-6,9-10,16-17,25H,7-8,11-13H2. The maximum atomic E-state index is 13.3. The minimum atomic E-state index is -3.64. The van der Waals surface area contributed by atoms with E-state index in [1.807, 2.05) is 18.2 Å². The van der Waals surface area contributed by atoms with Gasteiger partial charge in [0.15, 0.2) is 11.5 Å². The fourth-order valence-electron chi connectivity index (χ4n) is 4.84. The number of ether oxygens (including phenoxy) is 2. The van der Waals surface area contributed by atoms with Gasteiger partial charge >= 0.3 is 6.29 Å². The van der Waals surface area contributed by atoms with Crippen molar-refractivity contribution in [3.05, 3.63) is 59.7 Å². The van der Waals surface area contributed by atoms with Crippen molar-refractivity contribution in [3.63, 3.8) is 0 Å². The van der Waals surface area contributed by atoms with Crippen LogP contribution in [-0.4, -0.2) is 28.4 Å². The summed E-state index contributed by atoms with van der Waals surface area (Å²) in [5, 5.41) is 11.4. The van der Waals surface area contributed by atoms with Crippen LogP contribution >= 0.6 is 0 Å². The van der Waals surface area contributed by atoms with Crippen molar-refractivity contribution >= 4 is 0 Å². The number of benzene rings is 2. The van der Waals surface area contributed by atoms with Crippen LogP contribution < -0.4 is 9.47 Å². The van der Waals surface area contributed by atoms with Crippen LogP contribution in [0, 0.1) is 0 Å². The predicted molar refractivity (Wildman–Crippen MR) is 94.6 cm³/mol. The second kappa shape index (κ2) is 5.91. The van der Waals surface area contributed by atoms with E-state index in [9.17, 15) is 13.9 Å². The second-order valence-electron chi connectivity index (χ2n) is 7.81. The van der Waals surface area contributed by atoms with Gasteiger partial charge in [-0.05, 0) is 48.9 Å². The Balaban J connectivity index is 1.37. The van der Waals surface area contributed by atoms with Crippen molar-refractivity contribution < 1.29 is 23.4 Å². The lowest BCUT2D eigenvalue weighted by Gasteiger charge is -2.44. The summed E-state index contributed by atoms with van der Waals surface area (Å²) in [5.41, 5.74) is 0.860. The summed E-state index contributed by atoms with van der Waals surface area (Å²) in [7, 11) is 0. The summed E-state index contributed by atoms with van der Waals surface area (Å²) in [6.45, 7) is 0.875. The average Bonchev–Trinajstić information content (AvgIpc) is 3.07. The number of hydrogen-bond donors (Lipinski definition) is 1. The number of rotatable bonds is 3. The topological polar surface area (TPSA) is 41.9 Å². The van der Waals surface area contributed by atoms with Gasteiger partial charge in [0, 0.05) is 18.6 Å². The lowest BCUT2D eigenvalue weighted by molar-refractivity contribution is -0.286. The molecular formula is C21H21F2NO3. The SMILES string of the molecule is OC1(c2ccc3c(c2)OC(F)(F)O3)CC2CCC(C1)N2Cc1ccccc1. The molecule has 0 saturated carbocycles. The molecule has 3 aliphatic heterocycles. The third kappa shape index (κ3) is 2.97. The molecule has 2 bridgehead atoms. The minimum absolute atomic E-state index is 0.00927. The fraction of sp³-hybridized carbons (Fsp3) is 0.429. The zero-order valence-electron chi connectivity index (χ0n) is 14.8. The van der Waals surface area contributed by atoms with Gasteiger partial charge in [-0.2, -0.15) is 0 Å². The van der Waals surface area contributed by atoms with Crippen molar-refractivity contribution in [1.29, 1.82) is 0 Å². The van der Waals surface area contributed by atoms with Crippen LogP contribution in [-0.2, 0) is 12.1 Å². The van der Waals surface area contributed by atoms with Crippen LogP contribution in [0.2, 0.25) is 0 Å². The van der Waals surface area contributed by atoms with Crippen molar-refractivity contribution in [2.24, 2.45) is 0 Å². The largest absolute Gasteiger partial charge is 0.586 e. The molecule has 0 aromatic heterocycles. The highest BCUT2D eigenvalue weighted by Crippen LogP contribution is 2.49. The summed E-state index contributed by atoms with van der Waals surface area (Å²) < 4.78 is 35.6. The molecule has 3 aliphatic rings. The van der Waals surface area contributed by atoms with Gasteiger partial charge in [-0.15, -0.1) is 8.78 Å². The van der Waals surface area contributed by atoms with E-state index >= 15 is 0 Å². The van der Waals surface area contributed by atoms with E-state index in [0.29, 0.717) is 18.4 Å². The normalized spacial score (nSPS) is 31.2. The molecule has 27 heavy (non-hydrogen) atoms. The molecule has 2 fully saturated rings. The van der Waals surface area contributed by atoms with Gasteiger partial charge in [0.2, 0.25) is 0 Å². The average molecular weight is 373 g/mol. The molecule has 0 amide bonds. The number of halogens is 2. The number of hydrogen-bond acceptors (Lipinski definition) is 4. The highest BCUT2D eigenvalue weighted by molar-refractivity contribution is 5.47. The zero-order chi connectivity index (χ0) is 18.6. The van der Waals surface area contributed by atoms with E-state index in [-0.39, 0.29) is 23.6 Å². The van der Waals surface area contributed by atoms with E-state index in [2.05, 4.69) is 26.5 Å². The first-order valence-corrected chi connectivity index (χ1v) is 9.34. The molecule has 0 radical (unpaired) electrons. The Morgan fingerprint density at radius 1 is 0.963 bits per heavy atom. The molecule has 2 saturated heterocycles. The van der Waals surface area contributed by atoms with Crippen LogP contribution in [0.15, 0.2) is 48.5 Å². The second-order valence-corrected chi connectivity index (χ2v) is 7.81. The Morgan fingerprint density at radius 3 is 2.33 bits per heavy atom. The number of piperidine rings is 1. The Morgan fingerprint density at radius 2 is 1.63 bits per heavy atom. The third-order valence-electron chi connectivity index (χ3n) is 6.06. The Kier molecular flexibility index (Phi) is 3.71. The molecule has 2 aromatic carbocycles. The molecule has 2 unspecified atom stereocenters. The van der Waals surface area contributed by atoms with Crippen molar-refractivity contribution in [2.75, 3.05) is 0 Å². The molecule has 4 nitrogen and oxygen atoms in total. The van der Waals surface area contributed by atoms with Crippen LogP contribution in [0.3, 0.4) is 0 Å². The number of aliphatic hydroxyl groups is 1. The highest BCUT2D eigenvalue weighted by Gasteiger charge is 2.49. The smallest absolute Gasteiger partial charge is 0.395 e. The van der Waals surface area contributed by atoms with E-state index in [4.69, 9.17) is 0 Å². The molecule has 3 heterocycles. The van der Waals surface area contributed by atoms with Gasteiger partial charge in [-0.1, -0.05) is 36.4 Å². The summed E-state index contributed by atoms with van der Waals surface area (Å²) in [5.74, 6) is 0.00169. The van der Waals surface area contributed by atoms with Crippen LogP contribution in [0.4, 0.5) is 8.78 Å². The third-order valence-corrected chi connectivity index (χ3v) is 6.06. The molecule has 5 rings (SSSR count). The van der Waals surface area contributed by atoms with Gasteiger partial charge < -0.3 is 14.6 Å². The minimum Gasteiger partial charge on any atom is -0.395 e. The number of nitrogens with zero attached hydrogens (tertiary/aromatic N) is 1. The fourth-order valence-corrected chi connectivity index (χ4v) is 4.84. The van der Waals surface area contributed by atoms with Crippen molar-refractivity contribution in [1.82, 2.24) is 4.90 Å². The van der Waals surface area contributed by atoms with Crippen LogP contribution in [0.5, 0.6) is 11.5 Å². The maximum absolute atomic E-state index is 13.3. The molecule has 1 N–H and O–H groups in total. The Hall–Kier alpha value is -2.18. The molecule has 0 spiro atoms. The monoisotopic (exact) mass is 373 g/mol. The predicted octanol–water partition coefficient (Wildman–Crippen LogP) is 4.02. The molecule has 0 aliphatic carbocycles. The first-order valence-electron chi connectivity index (χ1n) is 9.34. The van der Waals surface area contributed by atoms with Gasteiger partial charge in [0.05, 0.1) is 5.60 Å². The first-order chi connectivity index (χ1) is 12.9. The van der Waals surface area contributed by atoms with Crippen LogP contribution in [0.1, 0.15) is 36.8 Å². The number of alkyl halides is 2. The Labute approximate surface area is 156 Å². The van der Waals surface area contributed by atoms with E-state index in [1.165, 1.54) is 17.7 Å². The van der Waals surface area contributed by atoms with Gasteiger partial charge in [-0.25, -0.2) is 0 Å². The van der Waals surface area contributed by atoms with Crippen molar-refractivity contribution in [3.8, 4) is 11.5 Å². The molecule has 142 valence electrons. The highest BCUT2D eigenvalue weighted by atomic mass is 19.3. The van der Waals surface area contributed by atoms with Crippen molar-refractivity contribution in [2.45, 2.75) is 56.2 Å². The van der Waals surface area contributed by atoms with E-state index < -0.39 is 11.9 Å². The summed E-state index contributed by atoms with van der Waals surface area (Å²) in [6, 6.07) is 15.5. The zero-order valence-corrected chi connectivity index (χ0v) is 14.8. The van der Waals surface area contributed by atoms with Gasteiger partial charge in [0.1, 0.15) is 0 Å². The van der Waals surface area contributed by atoms with Gasteiger partial charge in [-0.3, -0.25) is 4.90 Å². The van der Waals surface area contributed by atoms with E-state index in [1.54, 1.807) is 6.07 Å². The number of fused-ring (bicyclic) bond motifs is 3. The summed E-state index contributed by atoms with van der Waals surface area (Å²) >= 11 is 0. The lowest BCUT2D eigenvalue weighted by Crippen LogP contribution is -2.49. The van der Waals surface area contributed by atoms with Crippen LogP contribution in [0.25, 0.3) is 0 Å². The molecule has 2 aromatic rings. The quantitative estimate of drug-likeness (QED) is 0.882. The maximum Gasteiger partial charge on any atom is 0.586 e.